The zero-order valence-electron chi connectivity index (χ0n) is 10.5. The van der Waals surface area contributed by atoms with Crippen LogP contribution >= 0.6 is 0 Å². The summed E-state index contributed by atoms with van der Waals surface area (Å²) in [6.45, 7) is 6.39. The van der Waals surface area contributed by atoms with E-state index in [0.717, 1.165) is 32.0 Å². The van der Waals surface area contributed by atoms with Crippen molar-refractivity contribution in [2.75, 3.05) is 19.6 Å². The summed E-state index contributed by atoms with van der Waals surface area (Å²) in [4.78, 5) is 11.4. The van der Waals surface area contributed by atoms with Crippen LogP contribution in [0.25, 0.3) is 0 Å². The van der Waals surface area contributed by atoms with Crippen molar-refractivity contribution < 1.29 is 9.90 Å². The Hall–Kier alpha value is -1.03. The van der Waals surface area contributed by atoms with E-state index in [1.807, 2.05) is 0 Å². The Morgan fingerprint density at radius 2 is 2.06 bits per heavy atom. The Morgan fingerprint density at radius 1 is 1.35 bits per heavy atom. The topological polar surface area (TPSA) is 61.4 Å². The van der Waals surface area contributed by atoms with Crippen LogP contribution in [0, 0.1) is 5.92 Å². The number of nitrogens with one attached hydrogen (secondary N) is 2. The van der Waals surface area contributed by atoms with E-state index in [1.54, 1.807) is 0 Å². The highest BCUT2D eigenvalue weighted by molar-refractivity contribution is 5.75. The molecule has 0 aliphatic carbocycles. The molecule has 1 saturated heterocycles. The Bertz CT molecular complexity index is 248. The molecule has 4 heteroatoms. The van der Waals surface area contributed by atoms with E-state index in [9.17, 15) is 4.79 Å². The SMILES string of the molecule is C=C(O)CCCC(=O)NCCC1CCNCC1. The van der Waals surface area contributed by atoms with Gasteiger partial charge in [-0.3, -0.25) is 4.79 Å². The molecule has 0 bridgehead atoms. The Labute approximate surface area is 103 Å². The van der Waals surface area contributed by atoms with Gasteiger partial charge in [0, 0.05) is 19.4 Å². The van der Waals surface area contributed by atoms with E-state index >= 15 is 0 Å². The molecule has 1 fully saturated rings. The minimum absolute atomic E-state index is 0.0835. The molecule has 1 heterocycles. The minimum Gasteiger partial charge on any atom is -0.513 e. The highest BCUT2D eigenvalue weighted by atomic mass is 16.3. The molecule has 1 aliphatic heterocycles. The first-order chi connectivity index (χ1) is 8.18. The summed E-state index contributed by atoms with van der Waals surface area (Å²) in [5, 5.41) is 15.1. The number of amides is 1. The van der Waals surface area contributed by atoms with Crippen molar-refractivity contribution in [3.63, 3.8) is 0 Å². The maximum Gasteiger partial charge on any atom is 0.220 e. The summed E-state index contributed by atoms with van der Waals surface area (Å²) in [7, 11) is 0. The highest BCUT2D eigenvalue weighted by Gasteiger charge is 2.12. The molecule has 1 aliphatic rings. The van der Waals surface area contributed by atoms with E-state index in [1.165, 1.54) is 12.8 Å². The molecule has 0 radical (unpaired) electrons. The van der Waals surface area contributed by atoms with E-state index in [2.05, 4.69) is 17.2 Å². The van der Waals surface area contributed by atoms with Crippen LogP contribution in [0.5, 0.6) is 0 Å². The molecular weight excluding hydrogens is 216 g/mol. The Kier molecular flexibility index (Phi) is 6.70. The van der Waals surface area contributed by atoms with Crippen LogP contribution in [-0.2, 0) is 4.79 Å². The lowest BCUT2D eigenvalue weighted by atomic mass is 9.95. The van der Waals surface area contributed by atoms with Crippen molar-refractivity contribution >= 4 is 5.91 Å². The summed E-state index contributed by atoms with van der Waals surface area (Å²) in [5.41, 5.74) is 0. The summed E-state index contributed by atoms with van der Waals surface area (Å²) in [6, 6.07) is 0. The van der Waals surface area contributed by atoms with Crippen LogP contribution in [0.1, 0.15) is 38.5 Å². The molecule has 0 saturated carbocycles. The van der Waals surface area contributed by atoms with Gasteiger partial charge in [0.05, 0.1) is 5.76 Å². The highest BCUT2D eigenvalue weighted by Crippen LogP contribution is 2.14. The normalized spacial score (nSPS) is 16.7. The van der Waals surface area contributed by atoms with Crippen molar-refractivity contribution in [1.82, 2.24) is 10.6 Å². The quantitative estimate of drug-likeness (QED) is 0.594. The predicted octanol–water partition coefficient (Wildman–Crippen LogP) is 1.73. The second kappa shape index (κ2) is 8.12. The van der Waals surface area contributed by atoms with Gasteiger partial charge in [0.25, 0.3) is 0 Å². The Balaban J connectivity index is 1.97. The van der Waals surface area contributed by atoms with Crippen molar-refractivity contribution in [2.45, 2.75) is 38.5 Å². The number of rotatable bonds is 7. The number of allylic oxidation sites excluding steroid dienone is 1. The van der Waals surface area contributed by atoms with Gasteiger partial charge in [0.15, 0.2) is 0 Å². The van der Waals surface area contributed by atoms with Gasteiger partial charge >= 0.3 is 0 Å². The predicted molar refractivity (Wildman–Crippen MR) is 68.8 cm³/mol. The van der Waals surface area contributed by atoms with Gasteiger partial charge in [-0.2, -0.15) is 0 Å². The number of aliphatic hydroxyl groups excluding tert-OH is 1. The first-order valence-electron chi connectivity index (χ1n) is 6.52. The average molecular weight is 240 g/mol. The molecule has 98 valence electrons. The van der Waals surface area contributed by atoms with E-state index in [4.69, 9.17) is 5.11 Å². The molecule has 0 aromatic carbocycles. The standard InChI is InChI=1S/C13H24N2O2/c1-11(16)3-2-4-13(17)15-10-7-12-5-8-14-9-6-12/h12,14,16H,1-10H2,(H,15,17). The van der Waals surface area contributed by atoms with Gasteiger partial charge in [-0.25, -0.2) is 0 Å². The first kappa shape index (κ1) is 14.0. The van der Waals surface area contributed by atoms with Crippen LogP contribution in [0.2, 0.25) is 0 Å². The smallest absolute Gasteiger partial charge is 0.220 e. The van der Waals surface area contributed by atoms with Gasteiger partial charge < -0.3 is 15.7 Å². The summed E-state index contributed by atoms with van der Waals surface area (Å²) >= 11 is 0. The summed E-state index contributed by atoms with van der Waals surface area (Å²) in [5.74, 6) is 1.00. The van der Waals surface area contributed by atoms with E-state index in [-0.39, 0.29) is 11.7 Å². The number of carbonyl (C=O) groups excluding carboxylic acids is 1. The van der Waals surface area contributed by atoms with Crippen molar-refractivity contribution in [3.8, 4) is 0 Å². The van der Waals surface area contributed by atoms with E-state index < -0.39 is 0 Å². The number of aliphatic hydroxyl groups is 1. The molecule has 0 unspecified atom stereocenters. The summed E-state index contributed by atoms with van der Waals surface area (Å²) < 4.78 is 0. The lowest BCUT2D eigenvalue weighted by molar-refractivity contribution is -0.121. The molecule has 0 spiro atoms. The second-order valence-corrected chi connectivity index (χ2v) is 4.75. The van der Waals surface area contributed by atoms with Crippen molar-refractivity contribution in [2.24, 2.45) is 5.92 Å². The zero-order chi connectivity index (χ0) is 12.5. The third-order valence-electron chi connectivity index (χ3n) is 3.20. The zero-order valence-corrected chi connectivity index (χ0v) is 10.5. The molecular formula is C13H24N2O2. The van der Waals surface area contributed by atoms with Crippen LogP contribution in [0.4, 0.5) is 0 Å². The molecule has 0 atom stereocenters. The van der Waals surface area contributed by atoms with Crippen molar-refractivity contribution in [3.05, 3.63) is 12.3 Å². The van der Waals surface area contributed by atoms with Gasteiger partial charge in [0.2, 0.25) is 5.91 Å². The average Bonchev–Trinajstić information content (AvgIpc) is 2.30. The third-order valence-corrected chi connectivity index (χ3v) is 3.20. The molecule has 0 aromatic heterocycles. The van der Waals surface area contributed by atoms with Gasteiger partial charge in [-0.1, -0.05) is 6.58 Å². The fourth-order valence-electron chi connectivity index (χ4n) is 2.13. The van der Waals surface area contributed by atoms with Gasteiger partial charge in [-0.05, 0) is 44.7 Å². The number of piperidine rings is 1. The molecule has 17 heavy (non-hydrogen) atoms. The maximum atomic E-state index is 11.4. The molecule has 1 amide bonds. The van der Waals surface area contributed by atoms with Crippen molar-refractivity contribution in [1.29, 1.82) is 0 Å². The minimum atomic E-state index is 0.0835. The lowest BCUT2D eigenvalue weighted by Gasteiger charge is -2.22. The van der Waals surface area contributed by atoms with Gasteiger partial charge in [0.1, 0.15) is 0 Å². The lowest BCUT2D eigenvalue weighted by Crippen LogP contribution is -2.31. The van der Waals surface area contributed by atoms with Crippen LogP contribution in [0.15, 0.2) is 12.3 Å². The van der Waals surface area contributed by atoms with Crippen LogP contribution < -0.4 is 10.6 Å². The number of hydrogen-bond donors (Lipinski definition) is 3. The largest absolute Gasteiger partial charge is 0.513 e. The number of carbonyl (C=O) groups is 1. The fraction of sp³-hybridized carbons (Fsp3) is 0.769. The molecule has 4 nitrogen and oxygen atoms in total. The van der Waals surface area contributed by atoms with E-state index in [0.29, 0.717) is 19.3 Å². The molecule has 0 aromatic rings. The van der Waals surface area contributed by atoms with Gasteiger partial charge in [-0.15, -0.1) is 0 Å². The van der Waals surface area contributed by atoms with Crippen LogP contribution in [-0.4, -0.2) is 30.6 Å². The number of hydrogen-bond acceptors (Lipinski definition) is 3. The third kappa shape index (κ3) is 7.00. The molecule has 1 rings (SSSR count). The monoisotopic (exact) mass is 240 g/mol. The Morgan fingerprint density at radius 3 is 2.71 bits per heavy atom. The second-order valence-electron chi connectivity index (χ2n) is 4.75. The van der Waals surface area contributed by atoms with Crippen LogP contribution in [0.3, 0.4) is 0 Å². The molecule has 3 N–H and O–H groups in total. The maximum absolute atomic E-state index is 11.4. The summed E-state index contributed by atoms with van der Waals surface area (Å²) in [6.07, 6.45) is 5.20. The fourth-order valence-corrected chi connectivity index (χ4v) is 2.13. The first-order valence-corrected chi connectivity index (χ1v) is 6.52.